The number of nitriles is 3. The van der Waals surface area contributed by atoms with Crippen molar-refractivity contribution in [3.63, 3.8) is 0 Å². The molecule has 0 aliphatic heterocycles. The number of rotatable bonds is 17. The molecule has 0 saturated carbocycles. The molecule has 0 saturated heterocycles. The summed E-state index contributed by atoms with van der Waals surface area (Å²) >= 11 is 4.48. The van der Waals surface area contributed by atoms with Gasteiger partial charge in [0.25, 0.3) is 0 Å². The number of nitrogens with zero attached hydrogens (tertiary/aromatic N) is 4. The number of unbranched alkanes of at least 4 members (excludes halogenated alkanes) is 2. The molecule has 1 N–H and O–H groups in total. The van der Waals surface area contributed by atoms with Crippen LogP contribution in [0.3, 0.4) is 0 Å². The van der Waals surface area contributed by atoms with Gasteiger partial charge in [0.2, 0.25) is 0 Å². The number of hydrogen-bond donors (Lipinski definition) is 1. The fraction of sp³-hybridized carbons (Fsp3) is 0.382. The first kappa shape index (κ1) is 38.2. The normalized spacial score (nSPS) is 12.6. The second-order valence-corrected chi connectivity index (χ2v) is 11.8. The average Bonchev–Trinajstić information content (AvgIpc) is 3.51. The van der Waals surface area contributed by atoms with Crippen molar-refractivity contribution in [2.75, 3.05) is 37.0 Å². The molecule has 2 aromatic rings. The summed E-state index contributed by atoms with van der Waals surface area (Å²) < 4.78 is 52.8. The van der Waals surface area contributed by atoms with Crippen LogP contribution in [0.25, 0.3) is 18.2 Å². The number of aliphatic hydroxyl groups excluding tert-OH is 1. The molecule has 0 aliphatic rings. The largest absolute Gasteiger partial charge is 0.493 e. The topological polar surface area (TPSA) is 113 Å². The molecule has 2 rings (SSSR count). The van der Waals surface area contributed by atoms with E-state index < -0.39 is 34.8 Å². The summed E-state index contributed by atoms with van der Waals surface area (Å²) in [5.41, 5.74) is -1.26. The first-order valence-corrected chi connectivity index (χ1v) is 16.5. The Kier molecular flexibility index (Phi) is 16.2. The van der Waals surface area contributed by atoms with Gasteiger partial charge in [-0.05, 0) is 61.4 Å². The van der Waals surface area contributed by atoms with Crippen LogP contribution in [0.1, 0.15) is 54.8 Å². The SMILES string of the molecule is CCCCN(CCCC)c1ccc(/C=C/c2ccc(/C=C/C(=C(\C#N)C(OC)=C(C#N)C#N)C(F)(F)F)s2)c(OCC(O)CBr)c1. The standard InChI is InChI=1S/C34H36BrF3N4O3S/c1-4-6-16-42(17-7-5-2)26-10-8-24(32(18-26)45-23-27(43)19-35)9-11-28-12-13-29(46-28)14-15-31(34(36,37)38)30(22-41)33(44-3)25(20-39)21-40/h8-15,18,27,43H,4-7,16-17,19,23H2,1-3H3/b11-9+,15-14+,31-30-. The average molecular weight is 718 g/mol. The Morgan fingerprint density at radius 1 is 1.00 bits per heavy atom. The molecule has 0 spiro atoms. The van der Waals surface area contributed by atoms with E-state index in [-0.39, 0.29) is 6.61 Å². The monoisotopic (exact) mass is 716 g/mol. The predicted molar refractivity (Wildman–Crippen MR) is 180 cm³/mol. The zero-order chi connectivity index (χ0) is 34.1. The molecule has 46 heavy (non-hydrogen) atoms. The van der Waals surface area contributed by atoms with E-state index in [1.165, 1.54) is 35.6 Å². The lowest BCUT2D eigenvalue weighted by Gasteiger charge is -2.26. The van der Waals surface area contributed by atoms with Crippen LogP contribution in [0, 0.1) is 34.0 Å². The van der Waals surface area contributed by atoms with Gasteiger partial charge in [0, 0.05) is 45.5 Å². The van der Waals surface area contributed by atoms with Crippen molar-refractivity contribution in [1.82, 2.24) is 0 Å². The van der Waals surface area contributed by atoms with Gasteiger partial charge < -0.3 is 19.5 Å². The number of methoxy groups -OCH3 is 1. The Balaban J connectivity index is 2.45. The van der Waals surface area contributed by atoms with E-state index in [4.69, 9.17) is 20.0 Å². The third-order valence-electron chi connectivity index (χ3n) is 6.59. The lowest BCUT2D eigenvalue weighted by Crippen LogP contribution is -2.25. The van der Waals surface area contributed by atoms with Crippen molar-refractivity contribution in [2.24, 2.45) is 0 Å². The van der Waals surface area contributed by atoms with E-state index in [2.05, 4.69) is 34.7 Å². The maximum Gasteiger partial charge on any atom is 0.417 e. The summed E-state index contributed by atoms with van der Waals surface area (Å²) in [6.45, 7) is 6.24. The van der Waals surface area contributed by atoms with E-state index in [1.54, 1.807) is 12.1 Å². The Bertz CT molecular complexity index is 1530. The highest BCUT2D eigenvalue weighted by molar-refractivity contribution is 9.09. The summed E-state index contributed by atoms with van der Waals surface area (Å²) in [6, 6.07) is 13.7. The molecule has 0 bridgehead atoms. The van der Waals surface area contributed by atoms with Gasteiger partial charge >= 0.3 is 6.18 Å². The number of hydrogen-bond acceptors (Lipinski definition) is 8. The summed E-state index contributed by atoms with van der Waals surface area (Å²) in [5, 5.41) is 38.2. The number of thiophene rings is 1. The van der Waals surface area contributed by atoms with Crippen LogP contribution in [0.5, 0.6) is 5.75 Å². The quantitative estimate of drug-likeness (QED) is 0.0753. The maximum atomic E-state index is 14.0. The zero-order valence-electron chi connectivity index (χ0n) is 25.9. The van der Waals surface area contributed by atoms with Gasteiger partial charge in [-0.1, -0.05) is 42.6 Å². The van der Waals surface area contributed by atoms with Crippen molar-refractivity contribution in [1.29, 1.82) is 15.8 Å². The van der Waals surface area contributed by atoms with Gasteiger partial charge in [0.15, 0.2) is 11.3 Å². The number of halogens is 4. The fourth-order valence-corrected chi connectivity index (χ4v) is 5.18. The molecule has 0 radical (unpaired) electrons. The Morgan fingerprint density at radius 3 is 2.15 bits per heavy atom. The summed E-state index contributed by atoms with van der Waals surface area (Å²) in [4.78, 5) is 3.55. The van der Waals surface area contributed by atoms with Crippen LogP contribution in [0.4, 0.5) is 18.9 Å². The van der Waals surface area contributed by atoms with Crippen molar-refractivity contribution in [3.05, 3.63) is 74.2 Å². The van der Waals surface area contributed by atoms with Gasteiger partial charge in [-0.25, -0.2) is 0 Å². The number of ether oxygens (including phenoxy) is 2. The van der Waals surface area contributed by atoms with Crippen molar-refractivity contribution < 1.29 is 27.8 Å². The second-order valence-electron chi connectivity index (χ2n) is 9.97. The minimum absolute atomic E-state index is 0.0946. The second kappa shape index (κ2) is 19.5. The van der Waals surface area contributed by atoms with Crippen LogP contribution < -0.4 is 9.64 Å². The molecular formula is C34H36BrF3N4O3S. The van der Waals surface area contributed by atoms with Crippen LogP contribution in [-0.4, -0.2) is 49.5 Å². The molecular weight excluding hydrogens is 681 g/mol. The van der Waals surface area contributed by atoms with E-state index in [1.807, 2.05) is 30.4 Å². The predicted octanol–water partition coefficient (Wildman–Crippen LogP) is 8.80. The molecule has 0 amide bonds. The van der Waals surface area contributed by atoms with E-state index in [0.29, 0.717) is 16.0 Å². The Labute approximate surface area is 280 Å². The van der Waals surface area contributed by atoms with Gasteiger partial charge in [0.1, 0.15) is 36.1 Å². The molecule has 1 unspecified atom stereocenters. The van der Waals surface area contributed by atoms with Crippen LogP contribution >= 0.6 is 27.3 Å². The van der Waals surface area contributed by atoms with E-state index in [0.717, 1.165) is 68.1 Å². The molecule has 0 aliphatic carbocycles. The maximum absolute atomic E-state index is 14.0. The van der Waals surface area contributed by atoms with E-state index in [9.17, 15) is 23.5 Å². The minimum Gasteiger partial charge on any atom is -0.493 e. The molecule has 0 fully saturated rings. The summed E-state index contributed by atoms with van der Waals surface area (Å²) in [7, 11) is 0.986. The molecule has 1 heterocycles. The lowest BCUT2D eigenvalue weighted by molar-refractivity contribution is -0.0888. The third kappa shape index (κ3) is 11.4. The van der Waals surface area contributed by atoms with Gasteiger partial charge in [-0.2, -0.15) is 29.0 Å². The minimum atomic E-state index is -4.96. The molecule has 12 heteroatoms. The fourth-order valence-electron chi connectivity index (χ4n) is 4.17. The first-order valence-electron chi connectivity index (χ1n) is 14.6. The molecule has 1 aromatic heterocycles. The van der Waals surface area contributed by atoms with Crippen LogP contribution in [0.15, 0.2) is 58.9 Å². The number of alkyl halides is 4. The van der Waals surface area contributed by atoms with Gasteiger partial charge in [0.05, 0.1) is 18.8 Å². The molecule has 244 valence electrons. The highest BCUT2D eigenvalue weighted by Gasteiger charge is 2.37. The van der Waals surface area contributed by atoms with Crippen molar-refractivity contribution in [3.8, 4) is 24.0 Å². The van der Waals surface area contributed by atoms with Gasteiger partial charge in [-0.15, -0.1) is 11.3 Å². The Morgan fingerprint density at radius 2 is 1.63 bits per heavy atom. The van der Waals surface area contributed by atoms with Crippen molar-refractivity contribution >= 4 is 51.2 Å². The molecule has 1 atom stereocenters. The number of allylic oxidation sites excluding steroid dienone is 4. The third-order valence-corrected chi connectivity index (χ3v) is 8.36. The smallest absolute Gasteiger partial charge is 0.417 e. The molecule has 1 aromatic carbocycles. The Hall–Kier alpha value is -4.02. The van der Waals surface area contributed by atoms with E-state index >= 15 is 0 Å². The summed E-state index contributed by atoms with van der Waals surface area (Å²) in [6.07, 6.45) is 4.20. The first-order chi connectivity index (χ1) is 22.1. The lowest BCUT2D eigenvalue weighted by atomic mass is 10.0. The number of aliphatic hydroxyl groups is 1. The van der Waals surface area contributed by atoms with Crippen LogP contribution in [-0.2, 0) is 4.74 Å². The highest BCUT2D eigenvalue weighted by atomic mass is 79.9. The van der Waals surface area contributed by atoms with Gasteiger partial charge in [-0.3, -0.25) is 0 Å². The van der Waals surface area contributed by atoms with Crippen molar-refractivity contribution in [2.45, 2.75) is 51.8 Å². The number of anilines is 1. The van der Waals surface area contributed by atoms with Crippen LogP contribution in [0.2, 0.25) is 0 Å². The zero-order valence-corrected chi connectivity index (χ0v) is 28.3. The number of benzene rings is 1. The molecule has 7 nitrogen and oxygen atoms in total. The highest BCUT2D eigenvalue weighted by Crippen LogP contribution is 2.34. The summed E-state index contributed by atoms with van der Waals surface area (Å²) in [5.74, 6) is -0.144.